The van der Waals surface area contributed by atoms with E-state index >= 15 is 0 Å². The van der Waals surface area contributed by atoms with Gasteiger partial charge in [-0.2, -0.15) is 31.1 Å². The highest BCUT2D eigenvalue weighted by Crippen LogP contribution is 2.36. The predicted molar refractivity (Wildman–Crippen MR) is 159 cm³/mol. The summed E-state index contributed by atoms with van der Waals surface area (Å²) in [5.41, 5.74) is -1.58. The van der Waals surface area contributed by atoms with Crippen molar-refractivity contribution in [3.05, 3.63) is 57.7 Å². The van der Waals surface area contributed by atoms with Crippen molar-refractivity contribution >= 4 is 29.3 Å². The SMILES string of the molecule is CCOC(=O)C[C@H]1CC[C@H](CN(CC)c2ncc(C(F)(F)F)cc2CN(Cc2cc(Cl)cc(C(F)(F)F)c2)c2nnn(C)n2)CC1. The van der Waals surface area contributed by atoms with E-state index in [2.05, 4.69) is 20.4 Å². The highest BCUT2D eigenvalue weighted by atomic mass is 35.5. The van der Waals surface area contributed by atoms with Crippen molar-refractivity contribution < 1.29 is 35.9 Å². The van der Waals surface area contributed by atoms with E-state index in [0.717, 1.165) is 54.9 Å². The number of anilines is 2. The van der Waals surface area contributed by atoms with Gasteiger partial charge in [-0.3, -0.25) is 4.79 Å². The molecule has 4 rings (SSSR count). The summed E-state index contributed by atoms with van der Waals surface area (Å²) in [4.78, 5) is 20.7. The Balaban J connectivity index is 1.63. The molecule has 0 bridgehead atoms. The highest BCUT2D eigenvalue weighted by Gasteiger charge is 2.34. The number of ether oxygens (including phenoxy) is 1. The Morgan fingerprint density at radius 1 is 0.957 bits per heavy atom. The van der Waals surface area contributed by atoms with E-state index in [9.17, 15) is 31.1 Å². The first-order valence-corrected chi connectivity index (χ1v) is 15.4. The molecule has 1 aliphatic carbocycles. The van der Waals surface area contributed by atoms with Gasteiger partial charge in [-0.05, 0) is 86.4 Å². The number of halogens is 7. The number of nitrogens with zero attached hydrogens (tertiary/aromatic N) is 7. The maximum absolute atomic E-state index is 13.9. The van der Waals surface area contributed by atoms with Crippen molar-refractivity contribution in [2.24, 2.45) is 18.9 Å². The zero-order valence-electron chi connectivity index (χ0n) is 25.7. The van der Waals surface area contributed by atoms with Gasteiger partial charge in [0, 0.05) is 49.4 Å². The number of carbonyl (C=O) groups excluding carboxylic acids is 1. The minimum absolute atomic E-state index is 0.00219. The summed E-state index contributed by atoms with van der Waals surface area (Å²) >= 11 is 6.02. The molecule has 1 aromatic carbocycles. The minimum atomic E-state index is -4.68. The van der Waals surface area contributed by atoms with Gasteiger partial charge < -0.3 is 14.5 Å². The van der Waals surface area contributed by atoms with Crippen LogP contribution in [0.5, 0.6) is 0 Å². The van der Waals surface area contributed by atoms with Crippen LogP contribution in [-0.2, 0) is 42.0 Å². The van der Waals surface area contributed by atoms with Gasteiger partial charge in [0.05, 0.1) is 24.8 Å². The molecule has 2 aromatic heterocycles. The van der Waals surface area contributed by atoms with E-state index in [1.54, 1.807) is 6.92 Å². The second-order valence-corrected chi connectivity index (χ2v) is 11.9. The third kappa shape index (κ3) is 9.46. The van der Waals surface area contributed by atoms with Crippen molar-refractivity contribution in [1.29, 1.82) is 0 Å². The molecule has 0 radical (unpaired) electrons. The Labute approximate surface area is 267 Å². The normalized spacial score (nSPS) is 17.2. The minimum Gasteiger partial charge on any atom is -0.466 e. The Bertz CT molecular complexity index is 1470. The first kappa shape index (κ1) is 35.2. The number of esters is 1. The van der Waals surface area contributed by atoms with Gasteiger partial charge in [-0.25, -0.2) is 4.98 Å². The molecule has 0 aliphatic heterocycles. The standard InChI is InChI=1S/C30H36ClF6N7O2/c1-4-43(16-20-8-6-19(7-9-20)12-26(45)46-5-2)27-22(13-24(15-38-27)30(35,36)37)18-44(28-39-41-42(3)40-28)17-21-10-23(29(32,33)34)14-25(31)11-21/h10-11,13-15,19-20H,4-9,12,16-18H2,1-3H3/t19-,20-. The Morgan fingerprint density at radius 2 is 1.63 bits per heavy atom. The molecule has 0 unspecified atom stereocenters. The van der Waals surface area contributed by atoms with Crippen LogP contribution in [0.3, 0.4) is 0 Å². The average Bonchev–Trinajstić information content (AvgIpc) is 3.41. The van der Waals surface area contributed by atoms with Gasteiger partial charge in [-0.1, -0.05) is 16.7 Å². The quantitative estimate of drug-likeness (QED) is 0.149. The molecule has 0 saturated heterocycles. The largest absolute Gasteiger partial charge is 0.466 e. The summed E-state index contributed by atoms with van der Waals surface area (Å²) < 4.78 is 87.4. The molecule has 0 N–H and O–H groups in total. The number of pyridine rings is 1. The number of hydrogen-bond acceptors (Lipinski definition) is 8. The fraction of sp³-hybridized carbons (Fsp3) is 0.567. The molecular weight excluding hydrogens is 640 g/mol. The Kier molecular flexibility index (Phi) is 11.4. The maximum atomic E-state index is 13.9. The van der Waals surface area contributed by atoms with Gasteiger partial charge in [-0.15, -0.1) is 5.10 Å². The molecule has 0 atom stereocenters. The molecule has 46 heavy (non-hydrogen) atoms. The van der Waals surface area contributed by atoms with Crippen LogP contribution in [0.4, 0.5) is 38.1 Å². The van der Waals surface area contributed by atoms with Gasteiger partial charge in [0.15, 0.2) is 0 Å². The molecule has 0 spiro atoms. The predicted octanol–water partition coefficient (Wildman–Crippen LogP) is 7.09. The highest BCUT2D eigenvalue weighted by molar-refractivity contribution is 6.30. The molecule has 1 aliphatic rings. The van der Waals surface area contributed by atoms with Crippen molar-refractivity contribution in [2.75, 3.05) is 29.5 Å². The van der Waals surface area contributed by atoms with Crippen LogP contribution >= 0.6 is 11.6 Å². The molecule has 2 heterocycles. The van der Waals surface area contributed by atoms with Gasteiger partial charge in [0.1, 0.15) is 5.82 Å². The van der Waals surface area contributed by atoms with Crippen LogP contribution in [0.25, 0.3) is 0 Å². The molecule has 16 heteroatoms. The fourth-order valence-corrected chi connectivity index (χ4v) is 6.00. The lowest BCUT2D eigenvalue weighted by Gasteiger charge is -2.34. The number of carbonyl (C=O) groups is 1. The smallest absolute Gasteiger partial charge is 0.417 e. The molecule has 0 amide bonds. The first-order chi connectivity index (χ1) is 21.7. The lowest BCUT2D eigenvalue weighted by Crippen LogP contribution is -2.34. The van der Waals surface area contributed by atoms with Gasteiger partial charge in [0.2, 0.25) is 0 Å². The average molecular weight is 676 g/mol. The van der Waals surface area contributed by atoms with Crippen LogP contribution in [-0.4, -0.2) is 50.9 Å². The van der Waals surface area contributed by atoms with E-state index in [1.807, 2.05) is 11.8 Å². The van der Waals surface area contributed by atoms with Crippen molar-refractivity contribution in [3.63, 3.8) is 0 Å². The number of alkyl halides is 6. The molecule has 9 nitrogen and oxygen atoms in total. The number of aryl methyl sites for hydroxylation is 1. The van der Waals surface area contributed by atoms with Gasteiger partial charge in [0.25, 0.3) is 5.95 Å². The number of tetrazole rings is 1. The monoisotopic (exact) mass is 675 g/mol. The first-order valence-electron chi connectivity index (χ1n) is 15.0. The maximum Gasteiger partial charge on any atom is 0.417 e. The van der Waals surface area contributed by atoms with Crippen LogP contribution < -0.4 is 9.80 Å². The Morgan fingerprint density at radius 3 is 2.22 bits per heavy atom. The fourth-order valence-electron chi connectivity index (χ4n) is 5.74. The van der Waals surface area contributed by atoms with E-state index in [4.69, 9.17) is 16.3 Å². The number of benzene rings is 1. The topological polar surface area (TPSA) is 89.3 Å². The van der Waals surface area contributed by atoms with Crippen LogP contribution in [0, 0.1) is 11.8 Å². The van der Waals surface area contributed by atoms with Crippen LogP contribution in [0.1, 0.15) is 68.2 Å². The lowest BCUT2D eigenvalue weighted by molar-refractivity contribution is -0.144. The number of aromatic nitrogens is 5. The summed E-state index contributed by atoms with van der Waals surface area (Å²) in [6, 6.07) is 4.08. The zero-order valence-corrected chi connectivity index (χ0v) is 26.5. The molecule has 252 valence electrons. The van der Waals surface area contributed by atoms with E-state index in [1.165, 1.54) is 18.0 Å². The number of rotatable bonds is 12. The summed E-state index contributed by atoms with van der Waals surface area (Å²) in [6.07, 6.45) is -4.85. The van der Waals surface area contributed by atoms with Gasteiger partial charge >= 0.3 is 18.3 Å². The third-order valence-corrected chi connectivity index (χ3v) is 8.18. The Hall–Kier alpha value is -3.62. The summed E-state index contributed by atoms with van der Waals surface area (Å²) in [6.45, 7) is 4.53. The zero-order chi connectivity index (χ0) is 33.6. The summed E-state index contributed by atoms with van der Waals surface area (Å²) in [5.74, 6) is 0.555. The molecule has 3 aromatic rings. The van der Waals surface area contributed by atoms with E-state index < -0.39 is 23.5 Å². The second kappa shape index (κ2) is 14.9. The van der Waals surface area contributed by atoms with Crippen LogP contribution in [0.15, 0.2) is 30.5 Å². The van der Waals surface area contributed by atoms with Crippen molar-refractivity contribution in [2.45, 2.75) is 71.4 Å². The molecule has 1 fully saturated rings. The van der Waals surface area contributed by atoms with Crippen molar-refractivity contribution in [3.8, 4) is 0 Å². The second-order valence-electron chi connectivity index (χ2n) is 11.4. The van der Waals surface area contributed by atoms with Crippen molar-refractivity contribution in [1.82, 2.24) is 25.2 Å². The third-order valence-electron chi connectivity index (χ3n) is 7.96. The molecular formula is C30H36ClF6N7O2. The molecule has 1 saturated carbocycles. The van der Waals surface area contributed by atoms with Crippen LogP contribution in [0.2, 0.25) is 5.02 Å². The van der Waals surface area contributed by atoms with E-state index in [-0.39, 0.29) is 53.0 Å². The summed E-state index contributed by atoms with van der Waals surface area (Å²) in [5, 5.41) is 11.8. The lowest BCUT2D eigenvalue weighted by atomic mass is 9.80. The van der Waals surface area contributed by atoms with E-state index in [0.29, 0.717) is 31.9 Å². The summed E-state index contributed by atoms with van der Waals surface area (Å²) in [7, 11) is 1.49. The number of hydrogen-bond donors (Lipinski definition) is 0.